The predicted molar refractivity (Wildman–Crippen MR) is 315 cm³/mol. The van der Waals surface area contributed by atoms with Gasteiger partial charge in [0.25, 0.3) is 0 Å². The predicted octanol–water partition coefficient (Wildman–Crippen LogP) is 14.5. The maximum Gasteiger partial charge on any atom is 0.0385 e. The fourth-order valence-corrected chi connectivity index (χ4v) is 33.4. The molecule has 0 fully saturated rings. The average molecular weight is 1230 g/mol. The van der Waals surface area contributed by atoms with Crippen molar-refractivity contribution < 1.29 is 20.4 Å². The summed E-state index contributed by atoms with van der Waals surface area (Å²) in [5, 5.41) is 26.1. The summed E-state index contributed by atoms with van der Waals surface area (Å²) < 4.78 is 18.0. The second-order valence-corrected chi connectivity index (χ2v) is 36.2. The monoisotopic (exact) mass is 1230 g/mol. The molecule has 12 heterocycles. The SMILES string of the molecule is [Pd].c1csc(P(c2cccs2)c2cccs2)c1.c1csc(P(c2cccs2)c2cccs2)c1.c1csc(P(c2cccs2)c2cccs2)c1.c1csc(P(c2cccs2)c2cccs2)c1. The van der Waals surface area contributed by atoms with Gasteiger partial charge in [-0.25, -0.2) is 0 Å². The van der Waals surface area contributed by atoms with Crippen LogP contribution in [-0.4, -0.2) is 0 Å². The van der Waals surface area contributed by atoms with Gasteiger partial charge in [0.2, 0.25) is 0 Å². The first kappa shape index (κ1) is 50.2. The van der Waals surface area contributed by atoms with Crippen molar-refractivity contribution in [2.45, 2.75) is 0 Å². The smallest absolute Gasteiger partial charge is 0.0385 e. The third kappa shape index (κ3) is 13.6. The van der Waals surface area contributed by atoms with Crippen LogP contribution in [0, 0.1) is 0 Å². The van der Waals surface area contributed by atoms with Crippen LogP contribution in [-0.2, 0) is 20.4 Å². The molecule has 0 unspecified atom stereocenters. The molecule has 0 nitrogen and oxygen atoms in total. The molecule has 0 saturated heterocycles. The first-order valence-corrected chi connectivity index (χ1v) is 35.3. The third-order valence-corrected chi connectivity index (χ3v) is 34.2. The normalized spacial score (nSPS) is 10.9. The summed E-state index contributed by atoms with van der Waals surface area (Å²) in [6.45, 7) is 0. The van der Waals surface area contributed by atoms with Crippen molar-refractivity contribution in [3.05, 3.63) is 210 Å². The minimum absolute atomic E-state index is 0. The van der Waals surface area contributed by atoms with E-state index in [-0.39, 0.29) is 52.1 Å². The zero-order chi connectivity index (χ0) is 43.2. The molecule has 0 N–H and O–H groups in total. The van der Waals surface area contributed by atoms with E-state index >= 15 is 0 Å². The Hall–Kier alpha value is -1.22. The second kappa shape index (κ2) is 26.7. The minimum atomic E-state index is -0.279. The number of rotatable bonds is 12. The van der Waals surface area contributed by atoms with Gasteiger partial charge in [-0.1, -0.05) is 72.8 Å². The first-order chi connectivity index (χ1) is 31.8. The summed E-state index contributed by atoms with van der Waals surface area (Å²) in [6, 6.07) is 52.9. The quantitative estimate of drug-likeness (QED) is 0.0845. The Morgan fingerprint density at radius 3 is 0.323 bits per heavy atom. The molecule has 0 aliphatic heterocycles. The van der Waals surface area contributed by atoms with E-state index in [4.69, 9.17) is 0 Å². The van der Waals surface area contributed by atoms with E-state index < -0.39 is 0 Å². The van der Waals surface area contributed by atoms with Crippen LogP contribution in [0.4, 0.5) is 0 Å². The molecule has 0 bridgehead atoms. The Bertz CT molecular complexity index is 2180. The van der Waals surface area contributed by atoms with Crippen molar-refractivity contribution in [3.63, 3.8) is 0 Å². The van der Waals surface area contributed by atoms with Crippen molar-refractivity contribution in [3.8, 4) is 0 Å². The van der Waals surface area contributed by atoms with Crippen molar-refractivity contribution in [2.75, 3.05) is 0 Å². The fraction of sp³-hybridized carbons (Fsp3) is 0. The van der Waals surface area contributed by atoms with Gasteiger partial charge in [0, 0.05) is 108 Å². The molecule has 0 radical (unpaired) electrons. The van der Waals surface area contributed by atoms with E-state index in [2.05, 4.69) is 210 Å². The van der Waals surface area contributed by atoms with Crippen LogP contribution in [0.5, 0.6) is 0 Å². The molecule has 0 aliphatic carbocycles. The zero-order valence-corrected chi connectivity index (χ0v) is 48.7. The van der Waals surface area contributed by atoms with Gasteiger partial charge in [0.15, 0.2) is 0 Å². The molecule has 12 aromatic rings. The molecular weight excluding hydrogens is 1190 g/mol. The van der Waals surface area contributed by atoms with E-state index in [1.807, 2.05) is 136 Å². The van der Waals surface area contributed by atoms with Crippen LogP contribution in [0.25, 0.3) is 0 Å². The molecule has 0 aromatic carbocycles. The number of thiophene rings is 12. The standard InChI is InChI=1S/4C12H9PS3.Pd/c4*1-4-10(14-7-1)13(11-5-2-8-15-11)12-6-3-9-16-12;/h4*1-9H;. The van der Waals surface area contributed by atoms with E-state index in [1.165, 1.54) is 55.4 Å². The van der Waals surface area contributed by atoms with E-state index in [0.717, 1.165) is 0 Å². The minimum Gasteiger partial charge on any atom is -0.143 e. The Kier molecular flexibility index (Phi) is 20.6. The van der Waals surface area contributed by atoms with E-state index in [1.54, 1.807) is 0 Å². The summed E-state index contributed by atoms with van der Waals surface area (Å²) in [5.74, 6) is 0. The fourth-order valence-electron chi connectivity index (χ4n) is 6.07. The molecule has 330 valence electrons. The maximum atomic E-state index is 2.26. The molecular formula is C48H36P4PdS12. The molecule has 17 heteroatoms. The summed E-state index contributed by atoms with van der Waals surface area (Å²) in [4.78, 5) is 0. The van der Waals surface area contributed by atoms with Gasteiger partial charge in [-0.05, 0) is 137 Å². The van der Waals surface area contributed by atoms with Gasteiger partial charge < -0.3 is 0 Å². The molecule has 12 rings (SSSR count). The largest absolute Gasteiger partial charge is 0.143 e. The van der Waals surface area contributed by atoms with Crippen molar-refractivity contribution >= 4 is 223 Å². The molecule has 0 amide bonds. The first-order valence-electron chi connectivity index (χ1n) is 19.4. The van der Waals surface area contributed by atoms with Crippen LogP contribution in [0.1, 0.15) is 0 Å². The summed E-state index contributed by atoms with van der Waals surface area (Å²) in [5.41, 5.74) is 0. The van der Waals surface area contributed by atoms with Crippen molar-refractivity contribution in [1.82, 2.24) is 0 Å². The average Bonchev–Trinajstić information content (AvgIpc) is 4.17. The molecule has 0 aliphatic rings. The van der Waals surface area contributed by atoms with Gasteiger partial charge in [-0.15, -0.1) is 136 Å². The summed E-state index contributed by atoms with van der Waals surface area (Å²) in [7, 11) is -1.12. The number of hydrogen-bond donors (Lipinski definition) is 0. The topological polar surface area (TPSA) is 0 Å². The maximum absolute atomic E-state index is 2.26. The van der Waals surface area contributed by atoms with Crippen LogP contribution in [0.2, 0.25) is 0 Å². The van der Waals surface area contributed by atoms with Gasteiger partial charge >= 0.3 is 0 Å². The van der Waals surface area contributed by atoms with Crippen LogP contribution in [0.3, 0.4) is 0 Å². The Balaban J connectivity index is 0.000000118. The van der Waals surface area contributed by atoms with E-state index in [0.29, 0.717) is 0 Å². The molecule has 12 aromatic heterocycles. The van der Waals surface area contributed by atoms with E-state index in [9.17, 15) is 0 Å². The van der Waals surface area contributed by atoms with Crippen molar-refractivity contribution in [2.24, 2.45) is 0 Å². The molecule has 0 atom stereocenters. The summed E-state index contributed by atoms with van der Waals surface area (Å²) >= 11 is 22.4. The zero-order valence-electron chi connectivity index (χ0n) is 33.8. The van der Waals surface area contributed by atoms with Crippen LogP contribution < -0.4 is 55.4 Å². The van der Waals surface area contributed by atoms with Gasteiger partial charge in [0.05, 0.1) is 0 Å². The van der Waals surface area contributed by atoms with Crippen LogP contribution >= 0.6 is 168 Å². The van der Waals surface area contributed by atoms with Gasteiger partial charge in [-0.2, -0.15) is 0 Å². The second-order valence-electron chi connectivity index (χ2n) is 12.8. The molecule has 65 heavy (non-hydrogen) atoms. The van der Waals surface area contributed by atoms with Gasteiger partial charge in [-0.3, -0.25) is 0 Å². The Morgan fingerprint density at radius 2 is 0.262 bits per heavy atom. The van der Waals surface area contributed by atoms with Gasteiger partial charge in [0.1, 0.15) is 0 Å². The third-order valence-electron chi connectivity index (χ3n) is 8.72. The van der Waals surface area contributed by atoms with Crippen molar-refractivity contribution in [1.29, 1.82) is 0 Å². The molecule has 0 spiro atoms. The Morgan fingerprint density at radius 1 is 0.169 bits per heavy atom. The summed E-state index contributed by atoms with van der Waals surface area (Å²) in [6.07, 6.45) is 0. The Labute approximate surface area is 448 Å². The number of hydrogen-bond acceptors (Lipinski definition) is 12. The van der Waals surface area contributed by atoms with Crippen LogP contribution in [0.15, 0.2) is 210 Å². The molecule has 0 saturated carbocycles.